The summed E-state index contributed by atoms with van der Waals surface area (Å²) in [6, 6.07) is 12.5. The lowest BCUT2D eigenvalue weighted by Gasteiger charge is -2.36. The van der Waals surface area contributed by atoms with Gasteiger partial charge in [-0.05, 0) is 30.5 Å². The Morgan fingerprint density at radius 3 is 2.08 bits per heavy atom. The molecule has 1 rings (SSSR count). The third-order valence-electron chi connectivity index (χ3n) is 5.93. The highest BCUT2D eigenvalue weighted by atomic mass is 28.4. The highest BCUT2D eigenvalue weighted by Crippen LogP contribution is 2.36. The molecule has 0 saturated heterocycles. The Hall–Kier alpha value is -0.386. The van der Waals surface area contributed by atoms with Gasteiger partial charge in [0.15, 0.2) is 8.32 Å². The molecule has 0 radical (unpaired) electrons. The molecule has 0 amide bonds. The minimum atomic E-state index is -1.57. The minimum absolute atomic E-state index is 0.321. The van der Waals surface area contributed by atoms with E-state index in [9.17, 15) is 0 Å². The van der Waals surface area contributed by atoms with Crippen LogP contribution in [0.25, 0.3) is 0 Å². The van der Waals surface area contributed by atoms with E-state index in [1.807, 2.05) is 0 Å². The van der Waals surface area contributed by atoms with Crippen molar-refractivity contribution >= 4 is 21.6 Å². The lowest BCUT2D eigenvalue weighted by atomic mass is 10.0. The van der Waals surface area contributed by atoms with E-state index in [-0.39, 0.29) is 0 Å². The van der Waals surface area contributed by atoms with E-state index < -0.39 is 16.4 Å². The Morgan fingerprint density at radius 1 is 0.958 bits per heavy atom. The summed E-state index contributed by atoms with van der Waals surface area (Å²) in [6.07, 6.45) is 3.90. The van der Waals surface area contributed by atoms with E-state index >= 15 is 0 Å². The maximum Gasteiger partial charge on any atom is 0.191 e. The lowest BCUT2D eigenvalue weighted by molar-refractivity contribution is 0.256. The van der Waals surface area contributed by atoms with Crippen molar-refractivity contribution < 1.29 is 4.43 Å². The van der Waals surface area contributed by atoms with E-state index in [0.717, 1.165) is 12.5 Å². The summed E-state index contributed by atoms with van der Waals surface area (Å²) in [7, 11) is -2.83. The van der Waals surface area contributed by atoms with Crippen molar-refractivity contribution in [3.63, 3.8) is 0 Å². The molecule has 0 spiro atoms. The van der Waals surface area contributed by atoms with Gasteiger partial charge in [0, 0.05) is 6.61 Å². The average Bonchev–Trinajstić information content (AvgIpc) is 2.46. The van der Waals surface area contributed by atoms with Crippen molar-refractivity contribution in [2.24, 2.45) is 5.92 Å². The summed E-state index contributed by atoms with van der Waals surface area (Å²) < 4.78 is 6.33. The molecule has 3 heteroatoms. The van der Waals surface area contributed by atoms with Crippen LogP contribution in [0.1, 0.15) is 47.0 Å². The highest BCUT2D eigenvalue weighted by molar-refractivity contribution is 6.89. The molecule has 1 nitrogen and oxygen atoms in total. The van der Waals surface area contributed by atoms with Crippen LogP contribution < -0.4 is 5.19 Å². The Labute approximate surface area is 153 Å². The van der Waals surface area contributed by atoms with Crippen LogP contribution >= 0.6 is 0 Å². The summed E-state index contributed by atoms with van der Waals surface area (Å²) in [4.78, 5) is 0. The maximum atomic E-state index is 6.33. The summed E-state index contributed by atoms with van der Waals surface area (Å²) in [5.41, 5.74) is 0. The second kappa shape index (κ2) is 8.82. The van der Waals surface area contributed by atoms with Crippen molar-refractivity contribution in [2.75, 3.05) is 6.61 Å². The van der Waals surface area contributed by atoms with Gasteiger partial charge >= 0.3 is 0 Å². The van der Waals surface area contributed by atoms with Crippen LogP contribution in [0, 0.1) is 5.92 Å². The predicted octanol–water partition coefficient (Wildman–Crippen LogP) is 6.43. The smallest absolute Gasteiger partial charge is 0.191 e. The summed E-state index contributed by atoms with van der Waals surface area (Å²) in [5.74, 6) is 0.773. The highest BCUT2D eigenvalue weighted by Gasteiger charge is 2.36. The zero-order valence-corrected chi connectivity index (χ0v) is 19.4. The zero-order chi connectivity index (χ0) is 18.4. The molecule has 138 valence electrons. The zero-order valence-electron chi connectivity index (χ0n) is 17.4. The van der Waals surface area contributed by atoms with Gasteiger partial charge in [0.25, 0.3) is 0 Å². The monoisotopic (exact) mass is 364 g/mol. The number of rotatable bonds is 9. The fourth-order valence-electron chi connectivity index (χ4n) is 2.80. The molecule has 1 aromatic carbocycles. The molecule has 0 saturated carbocycles. The number of hydrogen-bond acceptors (Lipinski definition) is 1. The molecule has 1 atom stereocenters. The van der Waals surface area contributed by atoms with Crippen LogP contribution in [0.2, 0.25) is 37.3 Å². The SMILES string of the molecule is C[C@H](CCC[Si](C)(C)c1ccccc1)CCO[Si](C)(C)C(C)(C)C. The molecule has 1 aromatic rings. The molecule has 0 fully saturated rings. The Morgan fingerprint density at radius 2 is 1.54 bits per heavy atom. The van der Waals surface area contributed by atoms with Gasteiger partial charge in [0.2, 0.25) is 0 Å². The second-order valence-corrected chi connectivity index (χ2v) is 19.3. The molecule has 0 heterocycles. The second-order valence-electron chi connectivity index (χ2n) is 9.64. The predicted molar refractivity (Wildman–Crippen MR) is 115 cm³/mol. The van der Waals surface area contributed by atoms with E-state index in [4.69, 9.17) is 4.43 Å². The molecule has 0 N–H and O–H groups in total. The van der Waals surface area contributed by atoms with Gasteiger partial charge in [0.1, 0.15) is 0 Å². The molecule has 0 aromatic heterocycles. The van der Waals surface area contributed by atoms with Crippen LogP contribution in [0.15, 0.2) is 30.3 Å². The molecule has 0 aliphatic heterocycles. The average molecular weight is 365 g/mol. The van der Waals surface area contributed by atoms with E-state index in [1.165, 1.54) is 25.3 Å². The van der Waals surface area contributed by atoms with Crippen molar-refractivity contribution in [3.05, 3.63) is 30.3 Å². The Balaban J connectivity index is 2.31. The third-order valence-corrected chi connectivity index (χ3v) is 14.0. The number of hydrogen-bond donors (Lipinski definition) is 0. The quantitative estimate of drug-likeness (QED) is 0.459. The fourth-order valence-corrected chi connectivity index (χ4v) is 6.33. The molecule has 0 aliphatic carbocycles. The van der Waals surface area contributed by atoms with Crippen molar-refractivity contribution in [1.29, 1.82) is 0 Å². The van der Waals surface area contributed by atoms with E-state index in [0.29, 0.717) is 5.04 Å². The summed E-state index contributed by atoms with van der Waals surface area (Å²) in [6.45, 7) is 20.0. The third kappa shape index (κ3) is 6.85. The first-order valence-electron chi connectivity index (χ1n) is 9.65. The minimum Gasteiger partial charge on any atom is -0.417 e. The topological polar surface area (TPSA) is 9.23 Å². The summed E-state index contributed by atoms with van der Waals surface area (Å²) in [5, 5.41) is 1.92. The van der Waals surface area contributed by atoms with E-state index in [1.54, 1.807) is 5.19 Å². The van der Waals surface area contributed by atoms with Crippen molar-refractivity contribution in [3.8, 4) is 0 Å². The standard InChI is InChI=1S/C21H40OSi2/c1-19(16-17-22-24(7,8)21(2,3)4)13-12-18-23(5,6)20-14-10-9-11-15-20/h9-11,14-15,19H,12-13,16-18H2,1-8H3/t19-/m1/s1. The van der Waals surface area contributed by atoms with Gasteiger partial charge in [-0.15, -0.1) is 0 Å². The fraction of sp³-hybridized carbons (Fsp3) is 0.714. The van der Waals surface area contributed by atoms with E-state index in [2.05, 4.69) is 84.2 Å². The van der Waals surface area contributed by atoms with Gasteiger partial charge in [-0.25, -0.2) is 0 Å². The molecule has 24 heavy (non-hydrogen) atoms. The maximum absolute atomic E-state index is 6.33. The molecular weight excluding hydrogens is 324 g/mol. The molecule has 0 bridgehead atoms. The van der Waals surface area contributed by atoms with Gasteiger partial charge in [-0.3, -0.25) is 0 Å². The van der Waals surface area contributed by atoms with Gasteiger partial charge in [-0.1, -0.05) is 95.2 Å². The van der Waals surface area contributed by atoms with Crippen molar-refractivity contribution in [2.45, 2.75) is 84.2 Å². The Bertz CT molecular complexity index is 474. The molecule has 0 unspecified atom stereocenters. The normalized spacial score (nSPS) is 14.7. The first-order chi connectivity index (χ1) is 11.0. The Kier molecular flexibility index (Phi) is 7.96. The van der Waals surface area contributed by atoms with Gasteiger partial charge in [-0.2, -0.15) is 0 Å². The number of benzene rings is 1. The van der Waals surface area contributed by atoms with Crippen LogP contribution in [0.3, 0.4) is 0 Å². The first kappa shape index (κ1) is 21.7. The van der Waals surface area contributed by atoms with Crippen LogP contribution in [-0.4, -0.2) is 23.0 Å². The largest absolute Gasteiger partial charge is 0.417 e. The first-order valence-corrected chi connectivity index (χ1v) is 15.8. The molecular formula is C21H40OSi2. The van der Waals surface area contributed by atoms with Crippen LogP contribution in [-0.2, 0) is 4.43 Å². The lowest BCUT2D eigenvalue weighted by Crippen LogP contribution is -2.41. The van der Waals surface area contributed by atoms with Crippen molar-refractivity contribution in [1.82, 2.24) is 0 Å². The van der Waals surface area contributed by atoms with Gasteiger partial charge < -0.3 is 4.43 Å². The van der Waals surface area contributed by atoms with Gasteiger partial charge in [0.05, 0.1) is 8.07 Å². The van der Waals surface area contributed by atoms with Crippen LogP contribution in [0.5, 0.6) is 0 Å². The van der Waals surface area contributed by atoms with Crippen LogP contribution in [0.4, 0.5) is 0 Å². The summed E-state index contributed by atoms with van der Waals surface area (Å²) >= 11 is 0. The molecule has 0 aliphatic rings.